The number of guanidine groups is 1. The smallest absolute Gasteiger partial charge is 0.191 e. The lowest BCUT2D eigenvalue weighted by atomic mass is 10.1. The van der Waals surface area contributed by atoms with Crippen molar-refractivity contribution in [1.29, 1.82) is 0 Å². The van der Waals surface area contributed by atoms with E-state index >= 15 is 0 Å². The van der Waals surface area contributed by atoms with Crippen molar-refractivity contribution in [1.82, 2.24) is 30.3 Å². The van der Waals surface area contributed by atoms with Gasteiger partial charge >= 0.3 is 0 Å². The number of nitrogens with zero attached hydrogens (tertiary/aromatic N) is 5. The summed E-state index contributed by atoms with van der Waals surface area (Å²) in [7, 11) is 1.98. The zero-order valence-corrected chi connectivity index (χ0v) is 20.2. The fraction of sp³-hybridized carbons (Fsp3) is 0.842. The first-order valence-electron chi connectivity index (χ1n) is 10.3. The molecule has 1 aliphatic rings. The molecule has 1 aromatic heterocycles. The summed E-state index contributed by atoms with van der Waals surface area (Å²) < 4.78 is 7.40. The summed E-state index contributed by atoms with van der Waals surface area (Å²) in [5, 5.41) is 15.4. The number of aliphatic imine (C=N–C) groups is 1. The molecule has 0 aromatic carbocycles. The maximum Gasteiger partial charge on any atom is 0.191 e. The minimum absolute atomic E-state index is 0. The van der Waals surface area contributed by atoms with E-state index in [9.17, 15) is 0 Å². The Bertz CT molecular complexity index is 573. The van der Waals surface area contributed by atoms with Gasteiger partial charge in [-0.15, -0.1) is 34.2 Å². The van der Waals surface area contributed by atoms with E-state index in [0.717, 1.165) is 63.4 Å². The molecule has 0 bridgehead atoms. The molecule has 1 aliphatic heterocycles. The third-order valence-corrected chi connectivity index (χ3v) is 5.01. The SMILES string of the molecule is CCCCCC(C)NC(=NCc1nnc(C)n1C)NCCN1CCOCC1.I. The number of hydrogen-bond donors (Lipinski definition) is 2. The van der Waals surface area contributed by atoms with Gasteiger partial charge in [-0.3, -0.25) is 4.90 Å². The van der Waals surface area contributed by atoms with Crippen LogP contribution in [-0.2, 0) is 18.3 Å². The van der Waals surface area contributed by atoms with Crippen molar-refractivity contribution in [3.8, 4) is 0 Å². The van der Waals surface area contributed by atoms with Crippen molar-refractivity contribution in [2.24, 2.45) is 12.0 Å². The van der Waals surface area contributed by atoms with Gasteiger partial charge in [0.25, 0.3) is 0 Å². The Labute approximate surface area is 186 Å². The zero-order valence-electron chi connectivity index (χ0n) is 17.9. The molecule has 2 heterocycles. The van der Waals surface area contributed by atoms with Gasteiger partial charge in [-0.05, 0) is 20.3 Å². The van der Waals surface area contributed by atoms with Crippen LogP contribution in [0.25, 0.3) is 0 Å². The molecule has 1 saturated heterocycles. The molecule has 0 aliphatic carbocycles. The summed E-state index contributed by atoms with van der Waals surface area (Å²) in [6.07, 6.45) is 4.92. The van der Waals surface area contributed by atoms with Gasteiger partial charge in [0.05, 0.1) is 13.2 Å². The minimum atomic E-state index is 0. The number of aromatic nitrogens is 3. The normalized spacial score (nSPS) is 16.5. The van der Waals surface area contributed by atoms with Crippen molar-refractivity contribution in [3.05, 3.63) is 11.6 Å². The minimum Gasteiger partial charge on any atom is -0.379 e. The highest BCUT2D eigenvalue weighted by molar-refractivity contribution is 14.0. The summed E-state index contributed by atoms with van der Waals surface area (Å²) in [6, 6.07) is 0.396. The Morgan fingerprint density at radius 2 is 2.00 bits per heavy atom. The molecule has 1 aromatic rings. The first-order valence-corrected chi connectivity index (χ1v) is 10.3. The highest BCUT2D eigenvalue weighted by Gasteiger charge is 2.11. The lowest BCUT2D eigenvalue weighted by molar-refractivity contribution is 0.0389. The van der Waals surface area contributed by atoms with Gasteiger partial charge in [-0.25, -0.2) is 4.99 Å². The van der Waals surface area contributed by atoms with Gasteiger partial charge in [0.2, 0.25) is 0 Å². The van der Waals surface area contributed by atoms with Gasteiger partial charge in [0.1, 0.15) is 12.4 Å². The predicted octanol–water partition coefficient (Wildman–Crippen LogP) is 2.08. The summed E-state index contributed by atoms with van der Waals surface area (Å²) in [4.78, 5) is 7.17. The van der Waals surface area contributed by atoms with E-state index in [4.69, 9.17) is 9.73 Å². The van der Waals surface area contributed by atoms with Gasteiger partial charge < -0.3 is 19.9 Å². The van der Waals surface area contributed by atoms with Gasteiger partial charge in [-0.2, -0.15) is 0 Å². The van der Waals surface area contributed by atoms with Crippen LogP contribution in [0.2, 0.25) is 0 Å². The summed E-state index contributed by atoms with van der Waals surface area (Å²) in [5.74, 6) is 2.64. The van der Waals surface area contributed by atoms with E-state index in [0.29, 0.717) is 12.6 Å². The zero-order chi connectivity index (χ0) is 19.5. The maximum atomic E-state index is 5.41. The first-order chi connectivity index (χ1) is 13.1. The van der Waals surface area contributed by atoms with Gasteiger partial charge in [-0.1, -0.05) is 26.2 Å². The van der Waals surface area contributed by atoms with Crippen LogP contribution in [0.1, 0.15) is 51.2 Å². The Morgan fingerprint density at radius 1 is 1.25 bits per heavy atom. The number of morpholine rings is 1. The van der Waals surface area contributed by atoms with Crippen LogP contribution < -0.4 is 10.6 Å². The predicted molar refractivity (Wildman–Crippen MR) is 124 cm³/mol. The van der Waals surface area contributed by atoms with E-state index in [2.05, 4.69) is 39.6 Å². The molecule has 0 spiro atoms. The van der Waals surface area contributed by atoms with Crippen LogP contribution in [0.3, 0.4) is 0 Å². The molecule has 9 heteroatoms. The van der Waals surface area contributed by atoms with Crippen molar-refractivity contribution in [3.63, 3.8) is 0 Å². The molecule has 8 nitrogen and oxygen atoms in total. The Hall–Kier alpha value is -0.940. The first kappa shape index (κ1) is 25.1. The molecule has 162 valence electrons. The molecule has 1 atom stereocenters. The highest BCUT2D eigenvalue weighted by Crippen LogP contribution is 2.03. The molecule has 1 fully saturated rings. The number of aryl methyl sites for hydroxylation is 1. The molecular formula is C19H38IN7O. The molecular weight excluding hydrogens is 469 g/mol. The molecule has 28 heavy (non-hydrogen) atoms. The number of hydrogen-bond acceptors (Lipinski definition) is 5. The van der Waals surface area contributed by atoms with Crippen molar-refractivity contribution >= 4 is 29.9 Å². The van der Waals surface area contributed by atoms with E-state index < -0.39 is 0 Å². The van der Waals surface area contributed by atoms with Crippen LogP contribution in [0, 0.1) is 6.92 Å². The number of nitrogens with one attached hydrogen (secondary N) is 2. The Kier molecular flexibility index (Phi) is 12.6. The average molecular weight is 507 g/mol. The molecule has 0 saturated carbocycles. The molecule has 2 N–H and O–H groups in total. The lowest BCUT2D eigenvalue weighted by Gasteiger charge is -2.27. The number of unbranched alkanes of at least 4 members (excludes halogenated alkanes) is 2. The van der Waals surface area contributed by atoms with Gasteiger partial charge in [0, 0.05) is 39.3 Å². The molecule has 2 rings (SSSR count). The molecule has 0 radical (unpaired) electrons. The second kappa shape index (κ2) is 14.1. The second-order valence-electron chi connectivity index (χ2n) is 7.31. The molecule has 0 amide bonds. The van der Waals surface area contributed by atoms with Crippen molar-refractivity contribution in [2.75, 3.05) is 39.4 Å². The standard InChI is InChI=1S/C19H37N7O.HI/c1-5-6-7-8-16(2)22-19(20-9-10-26-11-13-27-14-12-26)21-15-18-24-23-17(3)25(18)4;/h16H,5-15H2,1-4H3,(H2,20,21,22);1H. The maximum absolute atomic E-state index is 5.41. The lowest BCUT2D eigenvalue weighted by Crippen LogP contribution is -2.46. The average Bonchev–Trinajstić information content (AvgIpc) is 2.99. The van der Waals surface area contributed by atoms with Crippen LogP contribution >= 0.6 is 24.0 Å². The van der Waals surface area contributed by atoms with Crippen LogP contribution in [0.4, 0.5) is 0 Å². The van der Waals surface area contributed by atoms with E-state index in [1.807, 2.05) is 18.5 Å². The number of ether oxygens (including phenoxy) is 1. The van der Waals surface area contributed by atoms with Crippen LogP contribution in [0.15, 0.2) is 4.99 Å². The Morgan fingerprint density at radius 3 is 2.64 bits per heavy atom. The van der Waals surface area contributed by atoms with Crippen LogP contribution in [0.5, 0.6) is 0 Å². The fourth-order valence-electron chi connectivity index (χ4n) is 3.05. The number of rotatable bonds is 10. The van der Waals surface area contributed by atoms with E-state index in [1.165, 1.54) is 19.3 Å². The van der Waals surface area contributed by atoms with Crippen molar-refractivity contribution < 1.29 is 4.74 Å². The number of halogens is 1. The van der Waals surface area contributed by atoms with E-state index in [1.54, 1.807) is 0 Å². The van der Waals surface area contributed by atoms with E-state index in [-0.39, 0.29) is 24.0 Å². The van der Waals surface area contributed by atoms with Crippen molar-refractivity contribution in [2.45, 2.75) is 59.0 Å². The molecule has 1 unspecified atom stereocenters. The topological polar surface area (TPSA) is 79.6 Å². The highest BCUT2D eigenvalue weighted by atomic mass is 127. The van der Waals surface area contributed by atoms with Gasteiger partial charge in [0.15, 0.2) is 11.8 Å². The fourth-order valence-corrected chi connectivity index (χ4v) is 3.05. The third kappa shape index (κ3) is 9.04. The second-order valence-corrected chi connectivity index (χ2v) is 7.31. The summed E-state index contributed by atoms with van der Waals surface area (Å²) >= 11 is 0. The largest absolute Gasteiger partial charge is 0.379 e. The monoisotopic (exact) mass is 507 g/mol. The quantitative estimate of drug-likeness (QED) is 0.219. The van der Waals surface area contributed by atoms with Crippen LogP contribution in [-0.4, -0.2) is 71.1 Å². The summed E-state index contributed by atoms with van der Waals surface area (Å²) in [5.41, 5.74) is 0. The Balaban J connectivity index is 0.00000392. The third-order valence-electron chi connectivity index (χ3n) is 5.01. The summed E-state index contributed by atoms with van der Waals surface area (Å²) in [6.45, 7) is 12.5.